The van der Waals surface area contributed by atoms with E-state index < -0.39 is 8.07 Å². The van der Waals surface area contributed by atoms with Crippen LogP contribution in [0.4, 0.5) is 0 Å². The summed E-state index contributed by atoms with van der Waals surface area (Å²) in [5.41, 5.74) is 2.56. The fourth-order valence-electron chi connectivity index (χ4n) is 3.17. The van der Waals surface area contributed by atoms with Crippen LogP contribution in [-0.4, -0.2) is 13.9 Å². The molecule has 2 rings (SSSR count). The summed E-state index contributed by atoms with van der Waals surface area (Å²) in [4.78, 5) is 0. The van der Waals surface area contributed by atoms with E-state index in [9.17, 15) is 0 Å². The van der Waals surface area contributed by atoms with Crippen molar-refractivity contribution in [2.45, 2.75) is 46.8 Å². The molecule has 0 N–H and O–H groups in total. The van der Waals surface area contributed by atoms with Gasteiger partial charge in [0.15, 0.2) is 6.20 Å². The molecule has 24 heavy (non-hydrogen) atoms. The van der Waals surface area contributed by atoms with Gasteiger partial charge in [-0.05, 0) is 53.8 Å². The first-order valence-electron chi connectivity index (χ1n) is 8.54. The first-order chi connectivity index (χ1) is 11.1. The van der Waals surface area contributed by atoms with Crippen molar-refractivity contribution in [2.24, 2.45) is 5.92 Å². The molecule has 3 heteroatoms. The van der Waals surface area contributed by atoms with Crippen LogP contribution < -0.4 is 14.6 Å². The van der Waals surface area contributed by atoms with Gasteiger partial charge >= 0.3 is 0 Å². The van der Waals surface area contributed by atoms with E-state index in [0.29, 0.717) is 11.1 Å². The minimum Gasteiger partial charge on any atom is -0.763 e. The standard InChI is InChI=1S/C21H28N2Si/c1-15(2)10-18-12-20(23(4)14-21(18)24(5,6)7)19-9-8-17(13-22)11-16(19)3/h8-9,11-12,14-15H,4,10H2,1-3,5-7H3. The van der Waals surface area contributed by atoms with Crippen molar-refractivity contribution >= 4 is 19.1 Å². The maximum Gasteiger partial charge on any atom is 0.217 e. The highest BCUT2D eigenvalue weighted by molar-refractivity contribution is 6.88. The molecule has 0 spiro atoms. The quantitative estimate of drug-likeness (QED) is 0.468. The summed E-state index contributed by atoms with van der Waals surface area (Å²) in [6.07, 6.45) is 3.32. The van der Waals surface area contributed by atoms with Crippen molar-refractivity contribution in [1.29, 1.82) is 0 Å². The van der Waals surface area contributed by atoms with Crippen molar-refractivity contribution in [1.82, 2.24) is 0 Å². The summed E-state index contributed by atoms with van der Waals surface area (Å²) in [6, 6.07) is 8.19. The second kappa shape index (κ2) is 6.88. The summed E-state index contributed by atoms with van der Waals surface area (Å²) in [6.45, 7) is 18.0. The highest BCUT2D eigenvalue weighted by Crippen LogP contribution is 2.11. The van der Waals surface area contributed by atoms with Gasteiger partial charge in [0.2, 0.25) is 5.35 Å². The molecule has 0 aliphatic carbocycles. The van der Waals surface area contributed by atoms with Gasteiger partial charge in [0.25, 0.3) is 0 Å². The number of rotatable bonds is 3. The molecule has 0 saturated carbocycles. The normalized spacial score (nSPS) is 13.1. The Balaban J connectivity index is 2.95. The van der Waals surface area contributed by atoms with Gasteiger partial charge in [-0.15, -0.1) is 0 Å². The summed E-state index contributed by atoms with van der Waals surface area (Å²) in [5.74, 6) is 2.83. The summed E-state index contributed by atoms with van der Waals surface area (Å²) in [7, 11) is -1.43. The van der Waals surface area contributed by atoms with Gasteiger partial charge in [-0.1, -0.05) is 33.5 Å². The molecule has 2 nitrogen and oxygen atoms in total. The number of nitrogens with zero attached hydrogens (tertiary/aromatic N) is 2. The van der Waals surface area contributed by atoms with Crippen molar-refractivity contribution in [3.05, 3.63) is 69.5 Å². The monoisotopic (exact) mass is 336 g/mol. The van der Waals surface area contributed by atoms with Gasteiger partial charge in [-0.2, -0.15) is 4.24 Å². The average Bonchev–Trinajstić information content (AvgIpc) is 2.47. The maximum absolute atomic E-state index is 9.08. The van der Waals surface area contributed by atoms with Gasteiger partial charge in [0.1, 0.15) is 6.72 Å². The SMILES string of the molecule is C=[n+]1cc([Si](C)(C)C)c(CC(C)C)cc1=c1ccc(=C=[N-])cc1C. The third-order valence-electron chi connectivity index (χ3n) is 4.32. The van der Waals surface area contributed by atoms with E-state index in [1.807, 2.05) is 22.4 Å². The number of hydrogen-bond donors (Lipinski definition) is 0. The Morgan fingerprint density at radius 1 is 1.21 bits per heavy atom. The molecule has 0 saturated heterocycles. The molecule has 1 heterocycles. The fourth-order valence-corrected chi connectivity index (χ4v) is 4.85. The Morgan fingerprint density at radius 3 is 2.38 bits per heavy atom. The van der Waals surface area contributed by atoms with Crippen LogP contribution in [0.1, 0.15) is 25.0 Å². The Bertz CT molecular complexity index is 978. The summed E-state index contributed by atoms with van der Waals surface area (Å²) in [5, 5.41) is 13.5. The number of pyridine rings is 1. The molecular formula is C21H28N2Si. The van der Waals surface area contributed by atoms with Gasteiger partial charge in [0, 0.05) is 16.5 Å². The molecule has 0 amide bonds. The van der Waals surface area contributed by atoms with Crippen LogP contribution >= 0.6 is 0 Å². The van der Waals surface area contributed by atoms with Crippen LogP contribution in [0.3, 0.4) is 0 Å². The molecule has 0 atom stereocenters. The largest absolute Gasteiger partial charge is 0.763 e. The molecule has 126 valence electrons. The van der Waals surface area contributed by atoms with Crippen LogP contribution in [-0.2, 0) is 6.42 Å². The molecule has 0 bridgehead atoms. The Labute approximate surface area is 146 Å². The lowest BCUT2D eigenvalue weighted by atomic mass is 10.0. The molecule has 0 unspecified atom stereocenters. The lowest BCUT2D eigenvalue weighted by molar-refractivity contribution is -0.509. The zero-order chi connectivity index (χ0) is 18.1. The molecule has 1 aromatic carbocycles. The summed E-state index contributed by atoms with van der Waals surface area (Å²) >= 11 is 0. The van der Waals surface area contributed by atoms with Crippen molar-refractivity contribution in [3.63, 3.8) is 0 Å². The minimum absolute atomic E-state index is 0.621. The van der Waals surface area contributed by atoms with Gasteiger partial charge in [0.05, 0.1) is 8.07 Å². The van der Waals surface area contributed by atoms with Gasteiger partial charge < -0.3 is 5.41 Å². The van der Waals surface area contributed by atoms with E-state index in [1.54, 1.807) is 0 Å². The minimum atomic E-state index is -1.43. The fraction of sp³-hybridized carbons (Fsp3) is 0.381. The second-order valence-electron chi connectivity index (χ2n) is 8.06. The third kappa shape index (κ3) is 3.92. The van der Waals surface area contributed by atoms with E-state index >= 15 is 0 Å². The Hall–Kier alpha value is -1.96. The van der Waals surface area contributed by atoms with Crippen molar-refractivity contribution in [3.8, 4) is 0 Å². The Kier molecular flexibility index (Phi) is 5.27. The van der Waals surface area contributed by atoms with E-state index in [0.717, 1.165) is 22.6 Å². The first kappa shape index (κ1) is 18.4. The predicted octanol–water partition coefficient (Wildman–Crippen LogP) is 2.86. The number of hydrogen-bond acceptors (Lipinski definition) is 0. The third-order valence-corrected chi connectivity index (χ3v) is 6.39. The van der Waals surface area contributed by atoms with Crippen LogP contribution in [0.2, 0.25) is 19.6 Å². The molecule has 0 aliphatic rings. The zero-order valence-corrected chi connectivity index (χ0v) is 16.8. The molecule has 1 aromatic heterocycles. The van der Waals surface area contributed by atoms with Gasteiger partial charge in [-0.3, -0.25) is 5.87 Å². The first-order valence-corrected chi connectivity index (χ1v) is 12.0. The average molecular weight is 337 g/mol. The van der Waals surface area contributed by atoms with E-state index in [-0.39, 0.29) is 0 Å². The number of aryl methyl sites for hydroxylation is 1. The van der Waals surface area contributed by atoms with Crippen molar-refractivity contribution < 1.29 is 4.24 Å². The van der Waals surface area contributed by atoms with Crippen LogP contribution in [0.15, 0.2) is 30.5 Å². The van der Waals surface area contributed by atoms with Crippen LogP contribution in [0.25, 0.3) is 5.41 Å². The van der Waals surface area contributed by atoms with Gasteiger partial charge in [-0.25, -0.2) is 0 Å². The molecule has 0 radical (unpaired) electrons. The van der Waals surface area contributed by atoms with E-state index in [4.69, 9.17) is 5.41 Å². The highest BCUT2D eigenvalue weighted by atomic mass is 28.3. The molecule has 0 fully saturated rings. The predicted molar refractivity (Wildman–Crippen MR) is 105 cm³/mol. The van der Waals surface area contributed by atoms with Crippen molar-refractivity contribution in [2.75, 3.05) is 0 Å². The zero-order valence-electron chi connectivity index (χ0n) is 15.8. The molecule has 2 aromatic rings. The smallest absolute Gasteiger partial charge is 0.217 e. The Morgan fingerprint density at radius 2 is 1.88 bits per heavy atom. The molecular weight excluding hydrogens is 308 g/mol. The van der Waals surface area contributed by atoms with E-state index in [2.05, 4.69) is 65.3 Å². The van der Waals surface area contributed by atoms with E-state index in [1.165, 1.54) is 10.8 Å². The lowest BCUT2D eigenvalue weighted by Gasteiger charge is -2.19. The highest BCUT2D eigenvalue weighted by Gasteiger charge is 2.24. The molecule has 0 aliphatic heterocycles. The lowest BCUT2D eigenvalue weighted by Crippen LogP contribution is -2.44. The second-order valence-corrected chi connectivity index (χ2v) is 13.1. The maximum atomic E-state index is 9.08. The van der Waals surface area contributed by atoms with Crippen LogP contribution in [0.5, 0.6) is 0 Å². The van der Waals surface area contributed by atoms with Crippen LogP contribution in [0, 0.1) is 30.1 Å². The topological polar surface area (TPSA) is 28.2 Å². The number of aromatic nitrogens is 1. The summed E-state index contributed by atoms with van der Waals surface area (Å²) < 4.78 is 2.01. The number of benzene rings is 1.